The Bertz CT molecular complexity index is 1300. The summed E-state index contributed by atoms with van der Waals surface area (Å²) >= 11 is 1.31. The van der Waals surface area contributed by atoms with E-state index in [-0.39, 0.29) is 17.7 Å². The van der Waals surface area contributed by atoms with Gasteiger partial charge in [-0.2, -0.15) is 0 Å². The number of fused-ring (bicyclic) bond motifs is 3. The number of nitrogens with zero attached hydrogens (tertiary/aromatic N) is 1. The maximum Gasteiger partial charge on any atom is 0.255 e. The molecule has 1 aliphatic heterocycles. The van der Waals surface area contributed by atoms with Gasteiger partial charge in [0.1, 0.15) is 11.8 Å². The number of amides is 1. The van der Waals surface area contributed by atoms with Crippen molar-refractivity contribution < 1.29 is 14.3 Å². The third kappa shape index (κ3) is 3.24. The van der Waals surface area contributed by atoms with E-state index in [1.54, 1.807) is 18.6 Å². The first-order valence-corrected chi connectivity index (χ1v) is 11.1. The fourth-order valence-corrected chi connectivity index (χ4v) is 5.26. The second-order valence-electron chi connectivity index (χ2n) is 7.71. The van der Waals surface area contributed by atoms with E-state index in [9.17, 15) is 9.59 Å². The molecule has 0 saturated carbocycles. The molecule has 0 radical (unpaired) electrons. The topological polar surface area (TPSA) is 62.4 Å². The number of para-hydroxylation sites is 2. The van der Waals surface area contributed by atoms with Crippen LogP contribution in [0.15, 0.2) is 60.0 Å². The summed E-state index contributed by atoms with van der Waals surface area (Å²) < 4.78 is 5.66. The van der Waals surface area contributed by atoms with E-state index in [0.29, 0.717) is 17.0 Å². The number of rotatable bonds is 4. The van der Waals surface area contributed by atoms with Crippen LogP contribution in [0.3, 0.4) is 0 Å². The fraction of sp³-hybridized carbons (Fsp3) is 0.200. The van der Waals surface area contributed by atoms with Gasteiger partial charge < -0.3 is 14.6 Å². The van der Waals surface area contributed by atoms with Crippen LogP contribution in [0.1, 0.15) is 49.8 Å². The molecule has 2 aromatic heterocycles. The van der Waals surface area contributed by atoms with E-state index in [2.05, 4.69) is 17.1 Å². The summed E-state index contributed by atoms with van der Waals surface area (Å²) in [5, 5.41) is 2.97. The van der Waals surface area contributed by atoms with Gasteiger partial charge in [-0.05, 0) is 37.1 Å². The number of aromatic nitrogens is 1. The maximum absolute atomic E-state index is 13.6. The van der Waals surface area contributed by atoms with E-state index < -0.39 is 0 Å². The average molecular weight is 431 g/mol. The number of hydrogen-bond donors (Lipinski definition) is 1. The van der Waals surface area contributed by atoms with Gasteiger partial charge in [0.25, 0.3) is 5.91 Å². The minimum Gasteiger partial charge on any atom is -0.496 e. The summed E-state index contributed by atoms with van der Waals surface area (Å²) in [6, 6.07) is 17.5. The Kier molecular flexibility index (Phi) is 4.87. The number of aromatic amines is 1. The zero-order valence-corrected chi connectivity index (χ0v) is 18.2. The molecule has 4 aromatic rings. The van der Waals surface area contributed by atoms with Crippen molar-refractivity contribution in [2.24, 2.45) is 0 Å². The number of methoxy groups -OCH3 is 1. The number of ketones is 1. The zero-order chi connectivity index (χ0) is 21.5. The summed E-state index contributed by atoms with van der Waals surface area (Å²) in [5.74, 6) is 0.636. The number of Topliss-reactive ketones (excluding diaryl/α,β-unsaturated/α-hetero) is 1. The minimum absolute atomic E-state index is 0.0260. The molecule has 0 fully saturated rings. The van der Waals surface area contributed by atoms with Gasteiger partial charge >= 0.3 is 0 Å². The number of carbonyl (C=O) groups is 2. The van der Waals surface area contributed by atoms with Crippen LogP contribution in [0.5, 0.6) is 5.75 Å². The third-order valence-electron chi connectivity index (χ3n) is 5.92. The summed E-state index contributed by atoms with van der Waals surface area (Å²) in [6.45, 7) is 2.11. The first-order chi connectivity index (χ1) is 15.1. The van der Waals surface area contributed by atoms with E-state index in [4.69, 9.17) is 4.74 Å². The van der Waals surface area contributed by atoms with Crippen LogP contribution in [0, 0.1) is 0 Å². The number of nitrogens with one attached hydrogen (secondary N) is 1. The molecule has 0 aliphatic carbocycles. The van der Waals surface area contributed by atoms with Crippen molar-refractivity contribution in [2.45, 2.75) is 19.4 Å². The molecule has 1 N–H and O–H groups in total. The number of benzene rings is 2. The molecule has 1 atom stereocenters. The zero-order valence-electron chi connectivity index (χ0n) is 17.3. The molecule has 5 rings (SSSR count). The number of thiophene rings is 1. The molecule has 2 aromatic carbocycles. The van der Waals surface area contributed by atoms with Gasteiger partial charge in [-0.1, -0.05) is 36.4 Å². The molecule has 156 valence electrons. The first kappa shape index (κ1) is 19.6. The Morgan fingerprint density at radius 2 is 1.90 bits per heavy atom. The summed E-state index contributed by atoms with van der Waals surface area (Å²) in [5.41, 5.74) is 4.82. The molecule has 1 amide bonds. The van der Waals surface area contributed by atoms with Crippen molar-refractivity contribution in [3.05, 3.63) is 87.2 Å². The quantitative estimate of drug-likeness (QED) is 0.451. The van der Waals surface area contributed by atoms with Crippen molar-refractivity contribution in [3.8, 4) is 5.75 Å². The van der Waals surface area contributed by atoms with Gasteiger partial charge in [-0.3, -0.25) is 9.59 Å². The normalized spacial score (nSPS) is 15.7. The largest absolute Gasteiger partial charge is 0.496 e. The van der Waals surface area contributed by atoms with Gasteiger partial charge in [0.2, 0.25) is 0 Å². The predicted molar refractivity (Wildman–Crippen MR) is 122 cm³/mol. The average Bonchev–Trinajstić information content (AvgIpc) is 3.43. The number of ether oxygens (including phenoxy) is 1. The number of carbonyl (C=O) groups excluding carboxylic acids is 2. The van der Waals surface area contributed by atoms with Crippen molar-refractivity contribution in [2.75, 3.05) is 13.7 Å². The first-order valence-electron chi connectivity index (χ1n) is 10.2. The molecular weight excluding hydrogens is 408 g/mol. The molecule has 0 bridgehead atoms. The number of H-pyrrole nitrogens is 1. The Morgan fingerprint density at radius 3 is 2.68 bits per heavy atom. The van der Waals surface area contributed by atoms with E-state index in [1.807, 2.05) is 41.3 Å². The molecule has 6 heteroatoms. The van der Waals surface area contributed by atoms with Crippen LogP contribution in [0.2, 0.25) is 0 Å². The van der Waals surface area contributed by atoms with Gasteiger partial charge in [0.05, 0.1) is 17.6 Å². The standard InChI is InChI=1S/C25H22N2O3S/c1-15(28)22-13-16(14-31-22)25(29)27-12-11-18-17-7-3-5-9-20(17)26-23(18)24(27)19-8-4-6-10-21(19)30-2/h3-10,13-14,24,26H,11-12H2,1-2H3/t24-/m0/s1. The molecule has 5 nitrogen and oxygen atoms in total. The Balaban J connectivity index is 1.67. The highest BCUT2D eigenvalue weighted by molar-refractivity contribution is 7.12. The summed E-state index contributed by atoms with van der Waals surface area (Å²) in [7, 11) is 1.65. The molecule has 1 aliphatic rings. The Morgan fingerprint density at radius 1 is 1.13 bits per heavy atom. The lowest BCUT2D eigenvalue weighted by atomic mass is 9.91. The van der Waals surface area contributed by atoms with Crippen LogP contribution in [-0.2, 0) is 6.42 Å². The molecule has 0 saturated heterocycles. The van der Waals surface area contributed by atoms with Crippen LogP contribution < -0.4 is 4.74 Å². The van der Waals surface area contributed by atoms with Gasteiger partial charge in [-0.15, -0.1) is 11.3 Å². The fourth-order valence-electron chi connectivity index (χ4n) is 4.47. The highest BCUT2D eigenvalue weighted by atomic mass is 32.1. The van der Waals surface area contributed by atoms with Crippen molar-refractivity contribution in [3.63, 3.8) is 0 Å². The highest BCUT2D eigenvalue weighted by Gasteiger charge is 2.36. The molecule has 0 spiro atoms. The lowest BCUT2D eigenvalue weighted by Gasteiger charge is -2.36. The maximum atomic E-state index is 13.6. The van der Waals surface area contributed by atoms with Gasteiger partial charge in [0.15, 0.2) is 5.78 Å². The van der Waals surface area contributed by atoms with Crippen LogP contribution in [-0.4, -0.2) is 35.2 Å². The van der Waals surface area contributed by atoms with Crippen molar-refractivity contribution >= 4 is 33.9 Å². The second-order valence-corrected chi connectivity index (χ2v) is 8.62. The lowest BCUT2D eigenvalue weighted by Crippen LogP contribution is -2.40. The van der Waals surface area contributed by atoms with Crippen molar-refractivity contribution in [1.29, 1.82) is 0 Å². The minimum atomic E-state index is -0.305. The monoisotopic (exact) mass is 430 g/mol. The van der Waals surface area contributed by atoms with Gasteiger partial charge in [0, 0.05) is 34.1 Å². The highest BCUT2D eigenvalue weighted by Crippen LogP contribution is 2.42. The van der Waals surface area contributed by atoms with Crippen molar-refractivity contribution in [1.82, 2.24) is 9.88 Å². The summed E-state index contributed by atoms with van der Waals surface area (Å²) in [4.78, 5) is 31.4. The Hall–Kier alpha value is -3.38. The molecule has 0 unspecified atom stereocenters. The van der Waals surface area contributed by atoms with Crippen LogP contribution >= 0.6 is 11.3 Å². The molecule has 31 heavy (non-hydrogen) atoms. The van der Waals surface area contributed by atoms with Crippen LogP contribution in [0.4, 0.5) is 0 Å². The number of hydrogen-bond acceptors (Lipinski definition) is 4. The third-order valence-corrected chi connectivity index (χ3v) is 6.95. The SMILES string of the molecule is COc1ccccc1[C@H]1c2[nH]c3ccccc3c2CCN1C(=O)c1csc(C(C)=O)c1. The lowest BCUT2D eigenvalue weighted by molar-refractivity contribution is 0.0690. The Labute approximate surface area is 184 Å². The molecular formula is C25H22N2O3S. The second kappa shape index (κ2) is 7.71. The van der Waals surface area contributed by atoms with E-state index >= 15 is 0 Å². The van der Waals surface area contributed by atoms with Crippen LogP contribution in [0.25, 0.3) is 10.9 Å². The van der Waals surface area contributed by atoms with E-state index in [0.717, 1.165) is 28.9 Å². The predicted octanol–water partition coefficient (Wildman–Crippen LogP) is 5.23. The summed E-state index contributed by atoms with van der Waals surface area (Å²) in [6.07, 6.45) is 0.764. The molecule has 3 heterocycles. The van der Waals surface area contributed by atoms with Gasteiger partial charge in [-0.25, -0.2) is 0 Å². The van der Waals surface area contributed by atoms with E-state index in [1.165, 1.54) is 29.2 Å². The smallest absolute Gasteiger partial charge is 0.255 e.